The third-order valence-electron chi connectivity index (χ3n) is 5.58. The van der Waals surface area contributed by atoms with Crippen LogP contribution in [0, 0.1) is 17.5 Å². The lowest BCUT2D eigenvalue weighted by Gasteiger charge is -2.31. The van der Waals surface area contributed by atoms with Gasteiger partial charge in [-0.3, -0.25) is 0 Å². The van der Waals surface area contributed by atoms with Crippen molar-refractivity contribution in [3.63, 3.8) is 0 Å². The zero-order valence-electron chi connectivity index (χ0n) is 15.4. The number of nitrogens with one attached hydrogen (secondary N) is 1. The molecule has 0 spiro atoms. The molecule has 2 aliphatic heterocycles. The van der Waals surface area contributed by atoms with Gasteiger partial charge in [0.15, 0.2) is 0 Å². The van der Waals surface area contributed by atoms with Crippen molar-refractivity contribution in [2.75, 3.05) is 19.7 Å². The number of aromatic amines is 1. The summed E-state index contributed by atoms with van der Waals surface area (Å²) in [4.78, 5) is 5.70. The molecule has 26 heavy (non-hydrogen) atoms. The van der Waals surface area contributed by atoms with E-state index < -0.39 is 0 Å². The molecule has 1 unspecified atom stereocenters. The van der Waals surface area contributed by atoms with Crippen molar-refractivity contribution >= 4 is 17.9 Å². The van der Waals surface area contributed by atoms with Crippen LogP contribution in [0.3, 0.4) is 0 Å². The fraction of sp³-hybridized carbons (Fsp3) is 0.476. The van der Waals surface area contributed by atoms with Crippen LogP contribution in [-0.2, 0) is 4.74 Å². The van der Waals surface area contributed by atoms with E-state index in [1.165, 1.54) is 37.2 Å². The molecular formula is C21H27N3OS. The first-order valence-electron chi connectivity index (χ1n) is 9.58. The molecule has 1 aromatic rings. The van der Waals surface area contributed by atoms with E-state index in [0.717, 1.165) is 42.0 Å². The molecule has 0 amide bonds. The highest BCUT2D eigenvalue weighted by molar-refractivity contribution is 7.71. The van der Waals surface area contributed by atoms with Gasteiger partial charge in [0, 0.05) is 41.7 Å². The Bertz CT molecular complexity index is 843. The quantitative estimate of drug-likeness (QED) is 0.775. The van der Waals surface area contributed by atoms with Crippen molar-refractivity contribution in [1.82, 2.24) is 9.88 Å². The summed E-state index contributed by atoms with van der Waals surface area (Å²) in [5, 5.41) is 0. The summed E-state index contributed by atoms with van der Waals surface area (Å²) in [5.41, 5.74) is 11.9. The minimum atomic E-state index is 0.311. The number of pyridine rings is 1. The summed E-state index contributed by atoms with van der Waals surface area (Å²) in [7, 11) is 0. The zero-order valence-corrected chi connectivity index (χ0v) is 16.2. The lowest BCUT2D eigenvalue weighted by atomic mass is 9.89. The fourth-order valence-corrected chi connectivity index (χ4v) is 4.50. The normalized spacial score (nSPS) is 23.6. The molecule has 1 aromatic heterocycles. The maximum absolute atomic E-state index is 6.33. The Kier molecular flexibility index (Phi) is 4.90. The van der Waals surface area contributed by atoms with E-state index in [0.29, 0.717) is 17.2 Å². The first kappa shape index (κ1) is 17.4. The Hall–Kier alpha value is -2.01. The van der Waals surface area contributed by atoms with Crippen LogP contribution in [0.25, 0.3) is 5.70 Å². The van der Waals surface area contributed by atoms with Gasteiger partial charge < -0.3 is 20.4 Å². The third kappa shape index (κ3) is 3.58. The number of nitrogens with two attached hydrogens (primary N) is 1. The summed E-state index contributed by atoms with van der Waals surface area (Å²) < 4.78 is 6.81. The fourth-order valence-electron chi connectivity index (χ4n) is 4.15. The van der Waals surface area contributed by atoms with E-state index >= 15 is 0 Å². The molecule has 3 N–H and O–H groups in total. The molecule has 1 fully saturated rings. The Morgan fingerprint density at radius 3 is 2.88 bits per heavy atom. The number of H-pyrrole nitrogens is 1. The molecule has 0 bridgehead atoms. The van der Waals surface area contributed by atoms with Crippen LogP contribution in [-0.4, -0.2) is 29.6 Å². The van der Waals surface area contributed by atoms with Crippen LogP contribution in [0.5, 0.6) is 0 Å². The minimum absolute atomic E-state index is 0.311. The van der Waals surface area contributed by atoms with Crippen LogP contribution in [0.2, 0.25) is 0 Å². The van der Waals surface area contributed by atoms with Gasteiger partial charge in [-0.15, -0.1) is 0 Å². The van der Waals surface area contributed by atoms with Gasteiger partial charge >= 0.3 is 0 Å². The molecule has 4 nitrogen and oxygen atoms in total. The smallest absolute Gasteiger partial charge is 0.120 e. The second-order valence-electron chi connectivity index (χ2n) is 7.58. The van der Waals surface area contributed by atoms with Crippen molar-refractivity contribution in [2.24, 2.45) is 11.7 Å². The number of aryl methyl sites for hydroxylation is 1. The van der Waals surface area contributed by atoms with Crippen LogP contribution in [0.15, 0.2) is 41.3 Å². The summed E-state index contributed by atoms with van der Waals surface area (Å²) in [5.74, 6) is 1.42. The number of allylic oxidation sites excluding steroid dienone is 3. The second kappa shape index (κ2) is 7.31. The average molecular weight is 370 g/mol. The molecule has 1 aliphatic carbocycles. The largest absolute Gasteiger partial charge is 0.493 e. The first-order chi connectivity index (χ1) is 12.6. The molecule has 1 atom stereocenters. The number of hydrogen-bond donors (Lipinski definition) is 2. The van der Waals surface area contributed by atoms with Crippen molar-refractivity contribution in [3.05, 3.63) is 57.2 Å². The van der Waals surface area contributed by atoms with Gasteiger partial charge in [-0.05, 0) is 62.8 Å². The molecule has 4 rings (SSSR count). The highest BCUT2D eigenvalue weighted by Crippen LogP contribution is 2.36. The Balaban J connectivity index is 1.49. The zero-order chi connectivity index (χ0) is 18.1. The van der Waals surface area contributed by atoms with Crippen molar-refractivity contribution < 1.29 is 4.74 Å². The summed E-state index contributed by atoms with van der Waals surface area (Å²) in [6.45, 7) is 5.09. The lowest BCUT2D eigenvalue weighted by molar-refractivity contribution is 0.164. The lowest BCUT2D eigenvalue weighted by Crippen LogP contribution is -2.24. The van der Waals surface area contributed by atoms with Crippen molar-refractivity contribution in [3.8, 4) is 0 Å². The molecule has 1 saturated heterocycles. The van der Waals surface area contributed by atoms with Gasteiger partial charge in [-0.25, -0.2) is 0 Å². The molecule has 0 aromatic carbocycles. The Morgan fingerprint density at radius 1 is 1.31 bits per heavy atom. The van der Waals surface area contributed by atoms with Crippen LogP contribution < -0.4 is 5.73 Å². The third-order valence-corrected chi connectivity index (χ3v) is 5.91. The van der Waals surface area contributed by atoms with Gasteiger partial charge in [-0.2, -0.15) is 0 Å². The predicted molar refractivity (Wildman–Crippen MR) is 108 cm³/mol. The van der Waals surface area contributed by atoms with Gasteiger partial charge in [0.1, 0.15) is 10.4 Å². The van der Waals surface area contributed by atoms with Gasteiger partial charge in [0.05, 0.1) is 6.61 Å². The molecule has 0 saturated carbocycles. The molecule has 3 heterocycles. The predicted octanol–water partition coefficient (Wildman–Crippen LogP) is 4.42. The van der Waals surface area contributed by atoms with Crippen LogP contribution in [0.1, 0.15) is 43.4 Å². The first-order valence-corrected chi connectivity index (χ1v) is 9.99. The maximum atomic E-state index is 6.33. The van der Waals surface area contributed by atoms with E-state index in [9.17, 15) is 0 Å². The topological polar surface area (TPSA) is 54.3 Å². The number of likely N-dealkylation sites (tertiary alicyclic amines) is 1. The maximum Gasteiger partial charge on any atom is 0.120 e. The Labute approximate surface area is 160 Å². The van der Waals surface area contributed by atoms with Gasteiger partial charge in [0.2, 0.25) is 0 Å². The number of rotatable bonds is 3. The molecule has 138 valence electrons. The van der Waals surface area contributed by atoms with E-state index in [-0.39, 0.29) is 0 Å². The highest BCUT2D eigenvalue weighted by atomic mass is 32.1. The highest BCUT2D eigenvalue weighted by Gasteiger charge is 2.26. The molecular weight excluding hydrogens is 342 g/mol. The standard InChI is InChI=1S/C21H27N3OS/c1-14-4-7-18(21(26)23-14)19(22)11-15-10-16-5-6-17(12-20(16)25-13-15)24-8-2-3-9-24/h4,7,11-12,15H,2-3,5-6,8-10,13,22H2,1H3,(H,23,26)/b19-11-. The van der Waals surface area contributed by atoms with E-state index in [1.807, 2.05) is 19.1 Å². The molecule has 5 heteroatoms. The SMILES string of the molecule is Cc1ccc(/C(N)=C/C2COC3=C(CCC(N4CCCC4)=C3)C2)c(=S)[nH]1. The van der Waals surface area contributed by atoms with Crippen molar-refractivity contribution in [2.45, 2.75) is 39.0 Å². The second-order valence-corrected chi connectivity index (χ2v) is 7.99. The number of nitrogens with zero attached hydrogens (tertiary/aromatic N) is 1. The van der Waals surface area contributed by atoms with Gasteiger partial charge in [0.25, 0.3) is 0 Å². The van der Waals surface area contributed by atoms with Crippen LogP contribution in [0.4, 0.5) is 0 Å². The average Bonchev–Trinajstić information content (AvgIpc) is 3.16. The summed E-state index contributed by atoms with van der Waals surface area (Å²) in [6, 6.07) is 4.01. The van der Waals surface area contributed by atoms with E-state index in [4.69, 9.17) is 22.7 Å². The van der Waals surface area contributed by atoms with E-state index in [2.05, 4.69) is 22.0 Å². The van der Waals surface area contributed by atoms with Gasteiger partial charge in [-0.1, -0.05) is 18.3 Å². The number of aromatic nitrogens is 1. The van der Waals surface area contributed by atoms with E-state index in [1.54, 1.807) is 0 Å². The molecule has 3 aliphatic rings. The van der Waals surface area contributed by atoms with Crippen molar-refractivity contribution in [1.29, 1.82) is 0 Å². The summed E-state index contributed by atoms with van der Waals surface area (Å²) >= 11 is 5.41. The Morgan fingerprint density at radius 2 is 2.12 bits per heavy atom. The molecule has 0 radical (unpaired) electrons. The minimum Gasteiger partial charge on any atom is -0.493 e. The number of ether oxygens (including phenoxy) is 1. The summed E-state index contributed by atoms with van der Waals surface area (Å²) in [6.07, 6.45) is 10.3. The van der Waals surface area contributed by atoms with Crippen LogP contribution >= 0.6 is 12.2 Å². The monoisotopic (exact) mass is 369 g/mol. The number of hydrogen-bond acceptors (Lipinski definition) is 4.